The zero-order chi connectivity index (χ0) is 14.6. The quantitative estimate of drug-likeness (QED) is 0.839. The molecule has 0 aliphatic carbocycles. The van der Waals surface area contributed by atoms with E-state index in [9.17, 15) is 10.1 Å². The third-order valence-electron chi connectivity index (χ3n) is 2.96. The Bertz CT molecular complexity index is 563. The monoisotopic (exact) mass is 276 g/mol. The molecule has 0 aliphatic heterocycles. The largest absolute Gasteiger partial charge is 0.481 e. The maximum absolute atomic E-state index is 11.0. The second-order valence-corrected chi connectivity index (χ2v) is 5.60. The van der Waals surface area contributed by atoms with Crippen LogP contribution in [0.25, 0.3) is 0 Å². The molecule has 0 aliphatic rings. The van der Waals surface area contributed by atoms with Crippen LogP contribution in [0.15, 0.2) is 0 Å². The zero-order valence-electron chi connectivity index (χ0n) is 11.2. The minimum atomic E-state index is -0.870. The van der Waals surface area contributed by atoms with Crippen LogP contribution in [0.4, 0.5) is 5.00 Å². The summed E-state index contributed by atoms with van der Waals surface area (Å²) in [5.41, 5.74) is 1.53. The summed E-state index contributed by atoms with van der Waals surface area (Å²) in [6.07, 6.45) is 5.34. The van der Waals surface area contributed by atoms with Gasteiger partial charge in [0.2, 0.25) is 0 Å². The normalized spacial score (nSPS) is 11.4. The van der Waals surface area contributed by atoms with Gasteiger partial charge in [-0.2, -0.15) is 5.26 Å². The molecule has 5 heteroatoms. The fourth-order valence-corrected chi connectivity index (χ4v) is 2.82. The number of carboxylic acids is 1. The third kappa shape index (κ3) is 3.27. The van der Waals surface area contributed by atoms with Gasteiger partial charge >= 0.3 is 5.97 Å². The first-order valence-corrected chi connectivity index (χ1v) is 6.65. The summed E-state index contributed by atoms with van der Waals surface area (Å²) >= 11 is 1.48. The molecule has 0 saturated heterocycles. The van der Waals surface area contributed by atoms with Gasteiger partial charge in [0.1, 0.15) is 11.1 Å². The molecule has 1 aromatic rings. The van der Waals surface area contributed by atoms with Gasteiger partial charge in [-0.25, -0.2) is 0 Å². The fourth-order valence-electron chi connectivity index (χ4n) is 1.70. The fraction of sp³-hybridized carbons (Fsp3) is 0.429. The van der Waals surface area contributed by atoms with Crippen molar-refractivity contribution in [2.75, 3.05) is 18.0 Å². The average Bonchev–Trinajstić information content (AvgIpc) is 2.64. The second kappa shape index (κ2) is 6.26. The number of aryl methyl sites for hydroxylation is 1. The number of hydrogen-bond donors (Lipinski definition) is 1. The zero-order valence-corrected chi connectivity index (χ0v) is 12.0. The molecule has 1 N–H and O–H groups in total. The predicted octanol–water partition coefficient (Wildman–Crippen LogP) is 2.40. The van der Waals surface area contributed by atoms with Crippen molar-refractivity contribution in [1.29, 1.82) is 5.26 Å². The average molecular weight is 276 g/mol. The molecule has 0 radical (unpaired) electrons. The van der Waals surface area contributed by atoms with Crippen molar-refractivity contribution >= 4 is 22.3 Å². The Kier molecular flexibility index (Phi) is 4.97. The molecule has 0 bridgehead atoms. The predicted molar refractivity (Wildman–Crippen MR) is 76.4 cm³/mol. The van der Waals surface area contributed by atoms with Crippen molar-refractivity contribution in [1.82, 2.24) is 0 Å². The lowest BCUT2D eigenvalue weighted by molar-refractivity contribution is -0.140. The van der Waals surface area contributed by atoms with Gasteiger partial charge in [0, 0.05) is 11.4 Å². The minimum absolute atomic E-state index is 0.297. The van der Waals surface area contributed by atoms with E-state index in [1.54, 1.807) is 11.8 Å². The molecule has 1 aromatic heterocycles. The number of hydrogen-bond acceptors (Lipinski definition) is 4. The van der Waals surface area contributed by atoms with E-state index in [4.69, 9.17) is 11.5 Å². The molecule has 1 rings (SSSR count). The van der Waals surface area contributed by atoms with E-state index in [-0.39, 0.29) is 0 Å². The maximum Gasteiger partial charge on any atom is 0.308 e. The molecular formula is C14H16N2O2S. The molecule has 1 heterocycles. The lowest BCUT2D eigenvalue weighted by Gasteiger charge is -2.23. The Morgan fingerprint density at radius 3 is 2.68 bits per heavy atom. The van der Waals surface area contributed by atoms with Crippen LogP contribution in [0.5, 0.6) is 0 Å². The van der Waals surface area contributed by atoms with E-state index in [1.807, 2.05) is 13.8 Å². The van der Waals surface area contributed by atoms with Gasteiger partial charge in [-0.05, 0) is 19.4 Å². The van der Waals surface area contributed by atoms with Crippen molar-refractivity contribution in [3.63, 3.8) is 0 Å². The summed E-state index contributed by atoms with van der Waals surface area (Å²) in [5.74, 6) is 1.11. The lowest BCUT2D eigenvalue weighted by atomic mass is 10.1. The van der Waals surface area contributed by atoms with Crippen molar-refractivity contribution < 1.29 is 9.90 Å². The molecule has 19 heavy (non-hydrogen) atoms. The Morgan fingerprint density at radius 1 is 1.58 bits per heavy atom. The SMILES string of the molecule is C#CCN(CC(C)C(=O)O)c1sc(C)c(C)c1C#N. The van der Waals surface area contributed by atoms with E-state index >= 15 is 0 Å². The first-order chi connectivity index (χ1) is 8.92. The highest BCUT2D eigenvalue weighted by Crippen LogP contribution is 2.35. The summed E-state index contributed by atoms with van der Waals surface area (Å²) < 4.78 is 0. The van der Waals surface area contributed by atoms with Gasteiger partial charge in [0.15, 0.2) is 0 Å². The van der Waals surface area contributed by atoms with E-state index in [0.29, 0.717) is 18.7 Å². The summed E-state index contributed by atoms with van der Waals surface area (Å²) in [6.45, 7) is 6.06. The van der Waals surface area contributed by atoms with Gasteiger partial charge < -0.3 is 10.0 Å². The minimum Gasteiger partial charge on any atom is -0.481 e. The number of anilines is 1. The summed E-state index contributed by atoms with van der Waals surface area (Å²) in [7, 11) is 0. The van der Waals surface area contributed by atoms with Crippen LogP contribution in [0.1, 0.15) is 22.9 Å². The summed E-state index contributed by atoms with van der Waals surface area (Å²) in [6, 6.07) is 2.18. The molecule has 1 unspecified atom stereocenters. The lowest BCUT2D eigenvalue weighted by Crippen LogP contribution is -2.32. The number of carbonyl (C=O) groups is 1. The number of thiophene rings is 1. The first-order valence-electron chi connectivity index (χ1n) is 5.83. The molecule has 0 amide bonds. The van der Waals surface area contributed by atoms with Crippen LogP contribution in [0.2, 0.25) is 0 Å². The van der Waals surface area contributed by atoms with Gasteiger partial charge in [-0.15, -0.1) is 17.8 Å². The van der Waals surface area contributed by atoms with Crippen molar-refractivity contribution in [3.05, 3.63) is 16.0 Å². The second-order valence-electron chi connectivity index (χ2n) is 4.40. The van der Waals surface area contributed by atoms with Gasteiger partial charge in [-0.1, -0.05) is 12.8 Å². The van der Waals surface area contributed by atoms with Crippen molar-refractivity contribution in [3.8, 4) is 18.4 Å². The van der Waals surface area contributed by atoms with Crippen molar-refractivity contribution in [2.45, 2.75) is 20.8 Å². The Hall–Kier alpha value is -1.98. The molecular weight excluding hydrogens is 260 g/mol. The van der Waals surface area contributed by atoms with Crippen LogP contribution >= 0.6 is 11.3 Å². The first kappa shape index (κ1) is 15.1. The van der Waals surface area contributed by atoms with Crippen LogP contribution in [-0.2, 0) is 4.79 Å². The van der Waals surface area contributed by atoms with Crippen molar-refractivity contribution in [2.24, 2.45) is 5.92 Å². The molecule has 4 nitrogen and oxygen atoms in total. The van der Waals surface area contributed by atoms with E-state index in [2.05, 4.69) is 12.0 Å². The standard InChI is InChI=1S/C14H16N2O2S/c1-5-6-16(8-9(2)14(17)18)13-12(7-15)10(3)11(4)19-13/h1,9H,6,8H2,2-4H3,(H,17,18). The Balaban J connectivity index is 3.14. The number of nitriles is 1. The summed E-state index contributed by atoms with van der Waals surface area (Å²) in [4.78, 5) is 13.8. The van der Waals surface area contributed by atoms with Gasteiger partial charge in [0.05, 0.1) is 18.0 Å². The van der Waals surface area contributed by atoms with Crippen LogP contribution < -0.4 is 4.90 Å². The Morgan fingerprint density at radius 2 is 2.21 bits per heavy atom. The third-order valence-corrected chi connectivity index (χ3v) is 4.23. The smallest absolute Gasteiger partial charge is 0.308 e. The Labute approximate surface area is 117 Å². The topological polar surface area (TPSA) is 64.3 Å². The summed E-state index contributed by atoms with van der Waals surface area (Å²) in [5, 5.41) is 19.0. The number of nitrogens with zero attached hydrogens (tertiary/aromatic N) is 2. The van der Waals surface area contributed by atoms with E-state index in [0.717, 1.165) is 15.4 Å². The number of terminal acetylenes is 1. The highest BCUT2D eigenvalue weighted by Gasteiger charge is 2.21. The number of rotatable bonds is 5. The highest BCUT2D eigenvalue weighted by molar-refractivity contribution is 7.16. The van der Waals surface area contributed by atoms with E-state index in [1.165, 1.54) is 11.3 Å². The highest BCUT2D eigenvalue weighted by atomic mass is 32.1. The molecule has 0 saturated carbocycles. The molecule has 0 aromatic carbocycles. The van der Waals surface area contributed by atoms with E-state index < -0.39 is 11.9 Å². The van der Waals surface area contributed by atoms with Gasteiger partial charge in [-0.3, -0.25) is 4.79 Å². The van der Waals surface area contributed by atoms with Crippen LogP contribution in [0.3, 0.4) is 0 Å². The van der Waals surface area contributed by atoms with Gasteiger partial charge in [0.25, 0.3) is 0 Å². The number of carboxylic acid groups (broad SMARTS) is 1. The maximum atomic E-state index is 11.0. The number of aliphatic carboxylic acids is 1. The molecule has 0 spiro atoms. The van der Waals surface area contributed by atoms with Crippen LogP contribution in [0, 0.1) is 43.4 Å². The molecule has 1 atom stereocenters. The molecule has 100 valence electrons. The van der Waals surface area contributed by atoms with Crippen LogP contribution in [-0.4, -0.2) is 24.2 Å². The molecule has 0 fully saturated rings.